The van der Waals surface area contributed by atoms with Crippen LogP contribution in [0.15, 0.2) is 24.5 Å². The number of nitrogens with zero attached hydrogens (tertiary/aromatic N) is 1. The van der Waals surface area contributed by atoms with Crippen molar-refractivity contribution in [3.63, 3.8) is 0 Å². The Morgan fingerprint density at radius 3 is 2.58 bits per heavy atom. The second kappa shape index (κ2) is 6.66. The zero-order chi connectivity index (χ0) is 13.7. The summed E-state index contributed by atoms with van der Waals surface area (Å²) in [5, 5.41) is 2.96. The van der Waals surface area contributed by atoms with Crippen molar-refractivity contribution in [1.82, 2.24) is 4.98 Å². The van der Waals surface area contributed by atoms with Crippen LogP contribution in [0.2, 0.25) is 0 Å². The second-order valence-corrected chi connectivity index (χ2v) is 5.66. The zero-order valence-electron chi connectivity index (χ0n) is 11.5. The van der Waals surface area contributed by atoms with E-state index in [9.17, 15) is 4.79 Å². The number of carbonyl (C=O) groups is 1. The van der Waals surface area contributed by atoms with Crippen molar-refractivity contribution in [2.24, 2.45) is 17.6 Å². The molecule has 1 atom stereocenters. The van der Waals surface area contributed by atoms with Gasteiger partial charge in [0.1, 0.15) is 0 Å². The van der Waals surface area contributed by atoms with Crippen molar-refractivity contribution < 1.29 is 4.79 Å². The van der Waals surface area contributed by atoms with Gasteiger partial charge in [-0.05, 0) is 57.1 Å². The molecule has 0 aromatic carbocycles. The van der Waals surface area contributed by atoms with Gasteiger partial charge in [-0.15, -0.1) is 0 Å². The smallest absolute Gasteiger partial charge is 0.227 e. The van der Waals surface area contributed by atoms with Gasteiger partial charge in [0, 0.05) is 30.0 Å². The molecule has 1 fully saturated rings. The summed E-state index contributed by atoms with van der Waals surface area (Å²) in [5.41, 5.74) is 6.67. The normalized spacial score (nSPS) is 24.7. The molecule has 1 aliphatic rings. The van der Waals surface area contributed by atoms with E-state index in [0.717, 1.165) is 37.8 Å². The molecule has 0 radical (unpaired) electrons. The fourth-order valence-electron chi connectivity index (χ4n) is 2.87. The van der Waals surface area contributed by atoms with Gasteiger partial charge in [-0.25, -0.2) is 0 Å². The monoisotopic (exact) mass is 261 g/mol. The average Bonchev–Trinajstić information content (AvgIpc) is 2.40. The SMILES string of the molecule is CC(N)C[C@H]1CC[C@H](C(=O)Nc2ccncc2)CC1. The standard InChI is InChI=1S/C15H23N3O/c1-11(16)10-12-2-4-13(5-3-12)15(19)18-14-6-8-17-9-7-14/h6-9,11-13H,2-5,10,16H2,1H3,(H,17,18,19)/t11?,12-,13-. The molecule has 3 N–H and O–H groups in total. The number of nitrogens with one attached hydrogen (secondary N) is 1. The number of carbonyl (C=O) groups excluding carboxylic acids is 1. The van der Waals surface area contributed by atoms with E-state index in [-0.39, 0.29) is 17.9 Å². The minimum atomic E-state index is 0.144. The summed E-state index contributed by atoms with van der Waals surface area (Å²) in [7, 11) is 0. The highest BCUT2D eigenvalue weighted by Crippen LogP contribution is 2.31. The molecule has 1 aliphatic carbocycles. The highest BCUT2D eigenvalue weighted by atomic mass is 16.1. The Hall–Kier alpha value is -1.42. The molecule has 104 valence electrons. The van der Waals surface area contributed by atoms with Gasteiger partial charge in [0.05, 0.1) is 0 Å². The van der Waals surface area contributed by atoms with Gasteiger partial charge in [-0.3, -0.25) is 9.78 Å². The van der Waals surface area contributed by atoms with Crippen LogP contribution >= 0.6 is 0 Å². The van der Waals surface area contributed by atoms with Crippen LogP contribution < -0.4 is 11.1 Å². The van der Waals surface area contributed by atoms with Gasteiger partial charge in [0.25, 0.3) is 0 Å². The number of aromatic nitrogens is 1. The van der Waals surface area contributed by atoms with Crippen LogP contribution in [0.4, 0.5) is 5.69 Å². The number of nitrogens with two attached hydrogens (primary N) is 1. The number of amides is 1. The lowest BCUT2D eigenvalue weighted by atomic mass is 9.79. The highest BCUT2D eigenvalue weighted by molar-refractivity contribution is 5.92. The zero-order valence-corrected chi connectivity index (χ0v) is 11.5. The first-order chi connectivity index (χ1) is 9.15. The van der Waals surface area contributed by atoms with Crippen molar-refractivity contribution in [3.05, 3.63) is 24.5 Å². The van der Waals surface area contributed by atoms with E-state index < -0.39 is 0 Å². The van der Waals surface area contributed by atoms with Gasteiger partial charge in [0.2, 0.25) is 5.91 Å². The third-order valence-electron chi connectivity index (χ3n) is 3.87. The molecule has 1 aromatic rings. The molecule has 0 saturated heterocycles. The Labute approximate surface area is 114 Å². The van der Waals surface area contributed by atoms with E-state index >= 15 is 0 Å². The summed E-state index contributed by atoms with van der Waals surface area (Å²) in [5.74, 6) is 0.993. The first-order valence-electron chi connectivity index (χ1n) is 7.11. The van der Waals surface area contributed by atoms with Crippen LogP contribution in [0.1, 0.15) is 39.0 Å². The quantitative estimate of drug-likeness (QED) is 0.875. The molecule has 0 bridgehead atoms. The molecule has 1 saturated carbocycles. The van der Waals surface area contributed by atoms with E-state index in [1.165, 1.54) is 0 Å². The topological polar surface area (TPSA) is 68.0 Å². The minimum absolute atomic E-state index is 0.144. The van der Waals surface area contributed by atoms with Crippen LogP contribution in [0.5, 0.6) is 0 Å². The van der Waals surface area contributed by atoms with E-state index in [1.807, 2.05) is 12.1 Å². The van der Waals surface area contributed by atoms with Crippen molar-refractivity contribution in [3.8, 4) is 0 Å². The molecule has 1 unspecified atom stereocenters. The van der Waals surface area contributed by atoms with Gasteiger partial charge >= 0.3 is 0 Å². The summed E-state index contributed by atoms with van der Waals surface area (Å²) < 4.78 is 0. The van der Waals surface area contributed by atoms with Gasteiger partial charge in [-0.1, -0.05) is 0 Å². The Morgan fingerprint density at radius 2 is 2.00 bits per heavy atom. The van der Waals surface area contributed by atoms with Gasteiger partial charge < -0.3 is 11.1 Å². The first-order valence-corrected chi connectivity index (χ1v) is 7.11. The Bertz CT molecular complexity index is 397. The van der Waals surface area contributed by atoms with E-state index in [4.69, 9.17) is 5.73 Å². The molecule has 1 aromatic heterocycles. The van der Waals surface area contributed by atoms with Crippen LogP contribution in [0, 0.1) is 11.8 Å². The number of hydrogen-bond donors (Lipinski definition) is 2. The molecular formula is C15H23N3O. The van der Waals surface area contributed by atoms with Crippen molar-refractivity contribution in [1.29, 1.82) is 0 Å². The highest BCUT2D eigenvalue weighted by Gasteiger charge is 2.26. The van der Waals surface area contributed by atoms with Crippen molar-refractivity contribution in [2.45, 2.75) is 45.1 Å². The Morgan fingerprint density at radius 1 is 1.37 bits per heavy atom. The van der Waals surface area contributed by atoms with Crippen molar-refractivity contribution in [2.75, 3.05) is 5.32 Å². The lowest BCUT2D eigenvalue weighted by molar-refractivity contribution is -0.121. The first kappa shape index (κ1) is 14.0. The number of rotatable bonds is 4. The molecular weight excluding hydrogens is 238 g/mol. The minimum Gasteiger partial charge on any atom is -0.328 e. The lowest BCUT2D eigenvalue weighted by Crippen LogP contribution is -2.29. The molecule has 0 aliphatic heterocycles. The number of pyridine rings is 1. The number of hydrogen-bond acceptors (Lipinski definition) is 3. The van der Waals surface area contributed by atoms with E-state index in [0.29, 0.717) is 5.92 Å². The fraction of sp³-hybridized carbons (Fsp3) is 0.600. The predicted molar refractivity (Wildman–Crippen MR) is 76.6 cm³/mol. The van der Waals surface area contributed by atoms with Crippen LogP contribution in [0.3, 0.4) is 0 Å². The maximum Gasteiger partial charge on any atom is 0.227 e. The van der Waals surface area contributed by atoms with Crippen LogP contribution in [0.25, 0.3) is 0 Å². The summed E-state index contributed by atoms with van der Waals surface area (Å²) >= 11 is 0. The second-order valence-electron chi connectivity index (χ2n) is 5.66. The summed E-state index contributed by atoms with van der Waals surface area (Å²) in [4.78, 5) is 16.1. The molecule has 4 heteroatoms. The van der Waals surface area contributed by atoms with Crippen LogP contribution in [-0.2, 0) is 4.79 Å². The molecule has 0 spiro atoms. The summed E-state index contributed by atoms with van der Waals surface area (Å²) in [6, 6.07) is 3.91. The van der Waals surface area contributed by atoms with E-state index in [2.05, 4.69) is 17.2 Å². The Kier molecular flexibility index (Phi) is 4.91. The third kappa shape index (κ3) is 4.31. The van der Waals surface area contributed by atoms with Crippen LogP contribution in [-0.4, -0.2) is 16.9 Å². The maximum atomic E-state index is 12.1. The molecule has 19 heavy (non-hydrogen) atoms. The maximum absolute atomic E-state index is 12.1. The number of anilines is 1. The average molecular weight is 261 g/mol. The molecule has 1 amide bonds. The largest absolute Gasteiger partial charge is 0.328 e. The molecule has 4 nitrogen and oxygen atoms in total. The van der Waals surface area contributed by atoms with E-state index in [1.54, 1.807) is 12.4 Å². The third-order valence-corrected chi connectivity index (χ3v) is 3.87. The molecule has 1 heterocycles. The summed E-state index contributed by atoms with van der Waals surface area (Å²) in [6.07, 6.45) is 8.66. The summed E-state index contributed by atoms with van der Waals surface area (Å²) in [6.45, 7) is 2.06. The lowest BCUT2D eigenvalue weighted by Gasteiger charge is -2.28. The molecule has 2 rings (SSSR count). The predicted octanol–water partition coefficient (Wildman–Crippen LogP) is 2.56. The fourth-order valence-corrected chi connectivity index (χ4v) is 2.87. The Balaban J connectivity index is 1.79. The van der Waals surface area contributed by atoms with Crippen molar-refractivity contribution >= 4 is 11.6 Å². The van der Waals surface area contributed by atoms with Gasteiger partial charge in [-0.2, -0.15) is 0 Å². The van der Waals surface area contributed by atoms with Gasteiger partial charge in [0.15, 0.2) is 0 Å².